The van der Waals surface area contributed by atoms with Crippen molar-refractivity contribution in [1.82, 2.24) is 4.98 Å². The Balaban J connectivity index is 2.13. The number of anilines is 2. The fourth-order valence-corrected chi connectivity index (χ4v) is 3.61. The van der Waals surface area contributed by atoms with E-state index in [0.717, 1.165) is 0 Å². The van der Waals surface area contributed by atoms with E-state index in [1.165, 1.54) is 37.4 Å². The molecule has 0 radical (unpaired) electrons. The Morgan fingerprint density at radius 2 is 1.92 bits per heavy atom. The van der Waals surface area contributed by atoms with Gasteiger partial charge in [0, 0.05) is 23.3 Å². The van der Waals surface area contributed by atoms with E-state index in [1.54, 1.807) is 18.3 Å². The van der Waals surface area contributed by atoms with Gasteiger partial charge in [-0.05, 0) is 36.4 Å². The number of nitrogens with one attached hydrogen (secondary N) is 1. The van der Waals surface area contributed by atoms with Gasteiger partial charge in [0.1, 0.15) is 5.75 Å². The van der Waals surface area contributed by atoms with Gasteiger partial charge in [-0.2, -0.15) is 0 Å². The number of nitrogens with two attached hydrogens (primary N) is 1. The van der Waals surface area contributed by atoms with Gasteiger partial charge in [-0.15, -0.1) is 0 Å². The lowest BCUT2D eigenvalue weighted by Gasteiger charge is -2.13. The normalized spacial score (nSPS) is 11.4. The van der Waals surface area contributed by atoms with Crippen LogP contribution in [0.5, 0.6) is 5.75 Å². The molecule has 6 nitrogen and oxygen atoms in total. The predicted octanol–water partition coefficient (Wildman–Crippen LogP) is 3.28. The quantitative estimate of drug-likeness (QED) is 0.694. The molecule has 0 fully saturated rings. The number of hydrogen-bond acceptors (Lipinski definition) is 5. The molecule has 0 aliphatic rings. The number of nitrogen functional groups attached to an aromatic ring is 1. The number of aromatic nitrogens is 1. The molecule has 0 unspecified atom stereocenters. The van der Waals surface area contributed by atoms with Crippen LogP contribution in [0, 0.1) is 0 Å². The Labute approximate surface area is 144 Å². The van der Waals surface area contributed by atoms with Crippen molar-refractivity contribution in [3.63, 3.8) is 0 Å². The highest BCUT2D eigenvalue weighted by molar-refractivity contribution is 7.92. The van der Waals surface area contributed by atoms with Crippen molar-refractivity contribution in [3.05, 3.63) is 53.7 Å². The number of ether oxygens (including phenoxy) is 1. The molecular weight excluding hydrogens is 350 g/mol. The number of methoxy groups -OCH3 is 1. The first kappa shape index (κ1) is 16.4. The molecule has 8 heteroatoms. The summed E-state index contributed by atoms with van der Waals surface area (Å²) in [4.78, 5) is 4.31. The third-order valence-corrected chi connectivity index (χ3v) is 5.22. The second kappa shape index (κ2) is 6.18. The molecule has 0 aliphatic carbocycles. The lowest BCUT2D eigenvalue weighted by molar-refractivity contribution is 0.416. The van der Waals surface area contributed by atoms with Gasteiger partial charge < -0.3 is 10.5 Å². The molecule has 0 atom stereocenters. The zero-order valence-electron chi connectivity index (χ0n) is 12.7. The van der Waals surface area contributed by atoms with Gasteiger partial charge in [0.05, 0.1) is 28.2 Å². The molecule has 0 bridgehead atoms. The van der Waals surface area contributed by atoms with Crippen molar-refractivity contribution in [2.45, 2.75) is 4.90 Å². The summed E-state index contributed by atoms with van der Waals surface area (Å²) in [6.45, 7) is 0. The summed E-state index contributed by atoms with van der Waals surface area (Å²) in [6, 6.07) is 10.9. The van der Waals surface area contributed by atoms with E-state index in [4.69, 9.17) is 22.1 Å². The SMILES string of the molecule is COc1cc(NS(=O)(=O)c2ccc(N)cc2)c2ncccc2c1Cl. The maximum Gasteiger partial charge on any atom is 0.261 e. The molecule has 3 rings (SSSR count). The number of fused-ring (bicyclic) bond motifs is 1. The van der Waals surface area contributed by atoms with Gasteiger partial charge in [-0.25, -0.2) is 8.42 Å². The summed E-state index contributed by atoms with van der Waals surface area (Å²) in [7, 11) is -2.34. The molecule has 0 amide bonds. The molecule has 2 aromatic carbocycles. The molecule has 24 heavy (non-hydrogen) atoms. The van der Waals surface area contributed by atoms with Crippen molar-refractivity contribution in [3.8, 4) is 5.75 Å². The lowest BCUT2D eigenvalue weighted by atomic mass is 10.2. The molecule has 3 aromatic rings. The van der Waals surface area contributed by atoms with Crippen LogP contribution < -0.4 is 15.2 Å². The second-order valence-corrected chi connectivity index (χ2v) is 7.07. The number of pyridine rings is 1. The molecular formula is C16H14ClN3O3S. The minimum absolute atomic E-state index is 0.0923. The van der Waals surface area contributed by atoms with Gasteiger partial charge in [0.25, 0.3) is 10.0 Å². The number of sulfonamides is 1. The highest BCUT2D eigenvalue weighted by Crippen LogP contribution is 2.37. The summed E-state index contributed by atoms with van der Waals surface area (Å²) in [6.07, 6.45) is 1.56. The van der Waals surface area contributed by atoms with Crippen molar-refractivity contribution < 1.29 is 13.2 Å². The molecule has 124 valence electrons. The van der Waals surface area contributed by atoms with Crippen molar-refractivity contribution >= 4 is 43.9 Å². The van der Waals surface area contributed by atoms with Crippen molar-refractivity contribution in [2.24, 2.45) is 0 Å². The summed E-state index contributed by atoms with van der Waals surface area (Å²) in [5.41, 5.74) is 6.79. The van der Waals surface area contributed by atoms with E-state index in [1.807, 2.05) is 0 Å². The van der Waals surface area contributed by atoms with Crippen LogP contribution in [-0.2, 0) is 10.0 Å². The average molecular weight is 364 g/mol. The molecule has 0 saturated carbocycles. The van der Waals surface area contributed by atoms with E-state index >= 15 is 0 Å². The first-order valence-corrected chi connectivity index (χ1v) is 8.78. The number of rotatable bonds is 4. The van der Waals surface area contributed by atoms with Crippen LogP contribution in [0.1, 0.15) is 0 Å². The molecule has 0 spiro atoms. The Morgan fingerprint density at radius 3 is 2.58 bits per heavy atom. The smallest absolute Gasteiger partial charge is 0.261 e. The minimum atomic E-state index is -3.80. The number of nitrogens with zero attached hydrogens (tertiary/aromatic N) is 1. The predicted molar refractivity (Wildman–Crippen MR) is 95.0 cm³/mol. The van der Waals surface area contributed by atoms with Gasteiger partial charge in [-0.1, -0.05) is 11.6 Å². The van der Waals surface area contributed by atoms with Gasteiger partial charge in [0.2, 0.25) is 0 Å². The second-order valence-electron chi connectivity index (χ2n) is 5.01. The third kappa shape index (κ3) is 2.95. The van der Waals surface area contributed by atoms with E-state index < -0.39 is 10.0 Å². The van der Waals surface area contributed by atoms with Gasteiger partial charge in [-0.3, -0.25) is 9.71 Å². The largest absolute Gasteiger partial charge is 0.495 e. The minimum Gasteiger partial charge on any atom is -0.495 e. The molecule has 0 saturated heterocycles. The lowest BCUT2D eigenvalue weighted by Crippen LogP contribution is -2.13. The fraction of sp³-hybridized carbons (Fsp3) is 0.0625. The van der Waals surface area contributed by atoms with E-state index in [0.29, 0.717) is 27.4 Å². The van der Waals surface area contributed by atoms with Crippen LogP contribution in [0.25, 0.3) is 10.9 Å². The first-order valence-electron chi connectivity index (χ1n) is 6.92. The van der Waals surface area contributed by atoms with Crippen LogP contribution in [0.4, 0.5) is 11.4 Å². The summed E-state index contributed by atoms with van der Waals surface area (Å²) in [5, 5.41) is 0.963. The van der Waals surface area contributed by atoms with Crippen molar-refractivity contribution in [2.75, 3.05) is 17.6 Å². The maximum atomic E-state index is 12.6. The molecule has 1 heterocycles. The third-order valence-electron chi connectivity index (χ3n) is 3.45. The number of halogens is 1. The standard InChI is InChI=1S/C16H14ClN3O3S/c1-23-14-9-13(16-12(15(14)17)3-2-8-19-16)20-24(21,22)11-6-4-10(18)5-7-11/h2-9,20H,18H2,1H3. The number of hydrogen-bond donors (Lipinski definition) is 2. The van der Waals surface area contributed by atoms with Crippen LogP contribution in [0.15, 0.2) is 53.6 Å². The Morgan fingerprint density at radius 1 is 1.21 bits per heavy atom. The zero-order chi connectivity index (χ0) is 17.3. The fourth-order valence-electron chi connectivity index (χ4n) is 2.27. The topological polar surface area (TPSA) is 94.3 Å². The first-order chi connectivity index (χ1) is 11.4. The van der Waals surface area contributed by atoms with E-state index in [9.17, 15) is 8.42 Å². The van der Waals surface area contributed by atoms with Crippen LogP contribution in [-0.4, -0.2) is 20.5 Å². The highest BCUT2D eigenvalue weighted by atomic mass is 35.5. The highest BCUT2D eigenvalue weighted by Gasteiger charge is 2.19. The summed E-state index contributed by atoms with van der Waals surface area (Å²) in [5.74, 6) is 0.354. The van der Waals surface area contributed by atoms with Gasteiger partial charge in [0.15, 0.2) is 0 Å². The van der Waals surface area contributed by atoms with Gasteiger partial charge >= 0.3 is 0 Å². The molecule has 0 aliphatic heterocycles. The monoisotopic (exact) mass is 363 g/mol. The maximum absolute atomic E-state index is 12.6. The Hall–Kier alpha value is -2.51. The van der Waals surface area contributed by atoms with Crippen molar-refractivity contribution in [1.29, 1.82) is 0 Å². The summed E-state index contributed by atoms with van der Waals surface area (Å²) >= 11 is 6.26. The molecule has 3 N–H and O–H groups in total. The zero-order valence-corrected chi connectivity index (χ0v) is 14.2. The number of benzene rings is 2. The average Bonchev–Trinajstić information content (AvgIpc) is 2.58. The molecule has 1 aromatic heterocycles. The summed E-state index contributed by atoms with van der Waals surface area (Å²) < 4.78 is 32.9. The Bertz CT molecular complexity index is 1010. The van der Waals surface area contributed by atoms with Crippen LogP contribution in [0.3, 0.4) is 0 Å². The van der Waals surface area contributed by atoms with E-state index in [2.05, 4.69) is 9.71 Å². The van der Waals surface area contributed by atoms with Crippen LogP contribution in [0.2, 0.25) is 5.02 Å². The van der Waals surface area contributed by atoms with Crippen LogP contribution >= 0.6 is 11.6 Å². The van der Waals surface area contributed by atoms with E-state index in [-0.39, 0.29) is 10.6 Å². The Kier molecular flexibility index (Phi) is 4.21.